The van der Waals surface area contributed by atoms with E-state index in [1.165, 1.54) is 24.0 Å². The third-order valence-corrected chi connectivity index (χ3v) is 7.01. The lowest BCUT2D eigenvalue weighted by molar-refractivity contribution is -0.132. The molecule has 1 aliphatic heterocycles. The predicted molar refractivity (Wildman–Crippen MR) is 113 cm³/mol. The Morgan fingerprint density at radius 1 is 1.19 bits per heavy atom. The SMILES string of the molecule is Cc1ccccc1CN(CC(=O)N1CCSC1c1ccccc1Cl)C1CC1. The molecule has 0 N–H and O–H groups in total. The molecule has 27 heavy (non-hydrogen) atoms. The third-order valence-electron chi connectivity index (χ3n) is 5.42. The molecule has 1 heterocycles. The van der Waals surface area contributed by atoms with Gasteiger partial charge in [0.25, 0.3) is 0 Å². The standard InChI is InChI=1S/C22H25ClN2OS/c1-16-6-2-3-7-17(16)14-24(18-10-11-18)15-21(26)25-12-13-27-22(25)19-8-4-5-9-20(19)23/h2-9,18,22H,10-15H2,1H3. The molecule has 1 unspecified atom stereocenters. The summed E-state index contributed by atoms with van der Waals surface area (Å²) in [6.07, 6.45) is 2.39. The van der Waals surface area contributed by atoms with Crippen LogP contribution in [0.3, 0.4) is 0 Å². The molecule has 142 valence electrons. The van der Waals surface area contributed by atoms with E-state index in [4.69, 9.17) is 11.6 Å². The van der Waals surface area contributed by atoms with Crippen LogP contribution in [-0.4, -0.2) is 40.6 Å². The Morgan fingerprint density at radius 3 is 2.67 bits per heavy atom. The normalized spacial score (nSPS) is 19.7. The van der Waals surface area contributed by atoms with Crippen molar-refractivity contribution in [1.29, 1.82) is 0 Å². The van der Waals surface area contributed by atoms with Gasteiger partial charge in [-0.15, -0.1) is 11.8 Å². The monoisotopic (exact) mass is 400 g/mol. The Labute approximate surface area is 170 Å². The van der Waals surface area contributed by atoms with Crippen LogP contribution in [0.15, 0.2) is 48.5 Å². The van der Waals surface area contributed by atoms with Crippen LogP contribution in [0.2, 0.25) is 5.02 Å². The summed E-state index contributed by atoms with van der Waals surface area (Å²) in [6, 6.07) is 16.9. The maximum atomic E-state index is 13.2. The van der Waals surface area contributed by atoms with E-state index in [1.54, 1.807) is 11.8 Å². The molecule has 2 aliphatic rings. The molecule has 5 heteroatoms. The number of amides is 1. The van der Waals surface area contributed by atoms with Gasteiger partial charge < -0.3 is 4.90 Å². The number of rotatable bonds is 6. The van der Waals surface area contributed by atoms with E-state index in [-0.39, 0.29) is 11.3 Å². The molecule has 1 saturated heterocycles. The Hall–Kier alpha value is -1.49. The second-order valence-electron chi connectivity index (χ2n) is 7.39. The highest BCUT2D eigenvalue weighted by molar-refractivity contribution is 7.99. The molecule has 1 saturated carbocycles. The Kier molecular flexibility index (Phi) is 5.76. The maximum absolute atomic E-state index is 13.2. The summed E-state index contributed by atoms with van der Waals surface area (Å²) in [6.45, 7) is 4.27. The van der Waals surface area contributed by atoms with Crippen LogP contribution in [0.4, 0.5) is 0 Å². The molecule has 1 amide bonds. The van der Waals surface area contributed by atoms with E-state index >= 15 is 0 Å². The van der Waals surface area contributed by atoms with Gasteiger partial charge in [0.2, 0.25) is 5.91 Å². The van der Waals surface area contributed by atoms with Crippen molar-refractivity contribution in [1.82, 2.24) is 9.80 Å². The number of thioether (sulfide) groups is 1. The van der Waals surface area contributed by atoms with Crippen LogP contribution in [0.1, 0.15) is 34.9 Å². The zero-order chi connectivity index (χ0) is 18.8. The molecular weight excluding hydrogens is 376 g/mol. The molecule has 0 spiro atoms. The van der Waals surface area contributed by atoms with Crippen LogP contribution < -0.4 is 0 Å². The van der Waals surface area contributed by atoms with Crippen LogP contribution in [0, 0.1) is 6.92 Å². The predicted octanol–water partition coefficient (Wildman–Crippen LogP) is 4.89. The molecule has 3 nitrogen and oxygen atoms in total. The fourth-order valence-corrected chi connectivity index (χ4v) is 5.30. The first-order valence-corrected chi connectivity index (χ1v) is 11.0. The van der Waals surface area contributed by atoms with Gasteiger partial charge in [-0.05, 0) is 37.0 Å². The summed E-state index contributed by atoms with van der Waals surface area (Å²) >= 11 is 8.21. The third kappa shape index (κ3) is 4.34. The molecule has 0 radical (unpaired) electrons. The number of carbonyl (C=O) groups excluding carboxylic acids is 1. The van der Waals surface area contributed by atoms with Crippen molar-refractivity contribution in [2.45, 2.75) is 37.7 Å². The van der Waals surface area contributed by atoms with Gasteiger partial charge in [0.05, 0.1) is 6.54 Å². The Bertz CT molecular complexity index is 823. The minimum Gasteiger partial charge on any atom is -0.325 e. The average Bonchev–Trinajstić information content (AvgIpc) is 3.40. The number of halogens is 1. The molecule has 1 aliphatic carbocycles. The summed E-state index contributed by atoms with van der Waals surface area (Å²) < 4.78 is 0. The Morgan fingerprint density at radius 2 is 1.93 bits per heavy atom. The second kappa shape index (κ2) is 8.26. The molecule has 4 rings (SSSR count). The minimum absolute atomic E-state index is 0.0331. The van der Waals surface area contributed by atoms with E-state index in [9.17, 15) is 4.79 Å². The summed E-state index contributed by atoms with van der Waals surface area (Å²) in [5.41, 5.74) is 3.66. The van der Waals surface area contributed by atoms with Crippen LogP contribution >= 0.6 is 23.4 Å². The fraction of sp³-hybridized carbons (Fsp3) is 0.409. The topological polar surface area (TPSA) is 23.6 Å². The smallest absolute Gasteiger partial charge is 0.237 e. The van der Waals surface area contributed by atoms with Crippen molar-refractivity contribution in [3.63, 3.8) is 0 Å². The van der Waals surface area contributed by atoms with E-state index in [2.05, 4.69) is 36.1 Å². The summed E-state index contributed by atoms with van der Waals surface area (Å²) in [7, 11) is 0. The lowest BCUT2D eigenvalue weighted by atomic mass is 10.1. The van der Waals surface area contributed by atoms with E-state index < -0.39 is 0 Å². The Balaban J connectivity index is 1.48. The van der Waals surface area contributed by atoms with Gasteiger partial charge in [-0.1, -0.05) is 54.1 Å². The number of hydrogen-bond acceptors (Lipinski definition) is 3. The van der Waals surface area contributed by atoms with Gasteiger partial charge in [0, 0.05) is 35.5 Å². The first-order chi connectivity index (χ1) is 13.1. The summed E-state index contributed by atoms with van der Waals surface area (Å²) in [5.74, 6) is 1.17. The first kappa shape index (κ1) is 18.9. The minimum atomic E-state index is 0.0331. The number of benzene rings is 2. The molecule has 1 atom stereocenters. The van der Waals surface area contributed by atoms with Gasteiger partial charge in [-0.25, -0.2) is 0 Å². The lowest BCUT2D eigenvalue weighted by Crippen LogP contribution is -2.40. The second-order valence-corrected chi connectivity index (χ2v) is 8.99. The van der Waals surface area contributed by atoms with Gasteiger partial charge in [0.15, 0.2) is 0 Å². The van der Waals surface area contributed by atoms with E-state index in [0.717, 1.165) is 29.4 Å². The van der Waals surface area contributed by atoms with Gasteiger partial charge in [0.1, 0.15) is 5.37 Å². The van der Waals surface area contributed by atoms with Crippen molar-refractivity contribution in [2.24, 2.45) is 0 Å². The van der Waals surface area contributed by atoms with Crippen LogP contribution in [0.25, 0.3) is 0 Å². The number of aryl methyl sites for hydroxylation is 1. The molecule has 2 aromatic carbocycles. The number of carbonyl (C=O) groups is 1. The van der Waals surface area contributed by atoms with Crippen molar-refractivity contribution < 1.29 is 4.79 Å². The summed E-state index contributed by atoms with van der Waals surface area (Å²) in [5, 5.41) is 0.777. The molecule has 2 aromatic rings. The largest absolute Gasteiger partial charge is 0.325 e. The highest BCUT2D eigenvalue weighted by Gasteiger charge is 2.36. The first-order valence-electron chi connectivity index (χ1n) is 9.57. The quantitative estimate of drug-likeness (QED) is 0.689. The molecule has 0 aromatic heterocycles. The molecular formula is C22H25ClN2OS. The summed E-state index contributed by atoms with van der Waals surface area (Å²) in [4.78, 5) is 17.6. The van der Waals surface area contributed by atoms with Crippen molar-refractivity contribution in [3.8, 4) is 0 Å². The van der Waals surface area contributed by atoms with E-state index in [1.807, 2.05) is 29.2 Å². The highest BCUT2D eigenvalue weighted by atomic mass is 35.5. The zero-order valence-corrected chi connectivity index (χ0v) is 17.2. The van der Waals surface area contributed by atoms with Gasteiger partial charge in [-0.3, -0.25) is 9.69 Å². The number of hydrogen-bond donors (Lipinski definition) is 0. The fourth-order valence-electron chi connectivity index (χ4n) is 3.68. The highest BCUT2D eigenvalue weighted by Crippen LogP contribution is 2.41. The van der Waals surface area contributed by atoms with Gasteiger partial charge >= 0.3 is 0 Å². The van der Waals surface area contributed by atoms with Crippen LogP contribution in [0.5, 0.6) is 0 Å². The molecule has 2 fully saturated rings. The maximum Gasteiger partial charge on any atom is 0.237 e. The van der Waals surface area contributed by atoms with Crippen molar-refractivity contribution >= 4 is 29.3 Å². The lowest BCUT2D eigenvalue weighted by Gasteiger charge is -2.29. The average molecular weight is 401 g/mol. The van der Waals surface area contributed by atoms with E-state index in [0.29, 0.717) is 12.6 Å². The van der Waals surface area contributed by atoms with Crippen molar-refractivity contribution in [2.75, 3.05) is 18.8 Å². The van der Waals surface area contributed by atoms with Crippen LogP contribution in [-0.2, 0) is 11.3 Å². The van der Waals surface area contributed by atoms with Gasteiger partial charge in [-0.2, -0.15) is 0 Å². The zero-order valence-electron chi connectivity index (χ0n) is 15.6. The van der Waals surface area contributed by atoms with Crippen molar-refractivity contribution in [3.05, 3.63) is 70.2 Å². The number of nitrogens with zero attached hydrogens (tertiary/aromatic N) is 2. The molecule has 0 bridgehead atoms.